The first kappa shape index (κ1) is 31.8. The maximum absolute atomic E-state index is 13.4. The fraction of sp³-hybridized carbons (Fsp3) is 0.735. The van der Waals surface area contributed by atoms with Gasteiger partial charge in [-0.15, -0.1) is 0 Å². The maximum Gasteiger partial charge on any atom is 0.481 e. The van der Waals surface area contributed by atoms with E-state index >= 15 is 0 Å². The average molecular weight is 591 g/mol. The zero-order chi connectivity index (χ0) is 31.0. The van der Waals surface area contributed by atoms with Crippen molar-refractivity contribution < 1.29 is 18.9 Å². The van der Waals surface area contributed by atoms with Crippen LogP contribution in [0.25, 0.3) is 0 Å². The molecule has 234 valence electrons. The van der Waals surface area contributed by atoms with Crippen molar-refractivity contribution in [2.75, 3.05) is 13.1 Å². The minimum absolute atomic E-state index is 0.0429. The fourth-order valence-corrected chi connectivity index (χ4v) is 8.25. The maximum atomic E-state index is 13.4. The van der Waals surface area contributed by atoms with Crippen LogP contribution in [0, 0.1) is 39.9 Å². The topological polar surface area (TPSA) is 104 Å². The molecular weight excluding hydrogens is 539 g/mol. The Hall–Kier alpha value is -2.57. The molecule has 5 fully saturated rings. The summed E-state index contributed by atoms with van der Waals surface area (Å²) in [6, 6.07) is 12.1. The van der Waals surface area contributed by atoms with Crippen LogP contribution in [0.5, 0.6) is 0 Å². The lowest BCUT2D eigenvalue weighted by Crippen LogP contribution is -2.65. The van der Waals surface area contributed by atoms with Crippen LogP contribution >= 0.6 is 0 Å². The zero-order valence-electron chi connectivity index (χ0n) is 27.0. The normalized spacial score (nSPS) is 30.8. The summed E-state index contributed by atoms with van der Waals surface area (Å²) in [6.45, 7) is 14.0. The van der Waals surface area contributed by atoms with Crippen LogP contribution in [-0.4, -0.2) is 60.7 Å². The number of urea groups is 1. The number of hydrogen-bond acceptors (Lipinski definition) is 5. The highest BCUT2D eigenvalue weighted by molar-refractivity contribution is 6.47. The molecule has 3 amide bonds. The highest BCUT2D eigenvalue weighted by Gasteiger charge is 2.68. The number of benzene rings is 1. The van der Waals surface area contributed by atoms with Gasteiger partial charge in [-0.3, -0.25) is 4.79 Å². The molecular formula is C34H51BN4O4. The predicted octanol–water partition coefficient (Wildman–Crippen LogP) is 5.51. The molecule has 6 rings (SSSR count). The van der Waals surface area contributed by atoms with Gasteiger partial charge < -0.3 is 24.8 Å². The van der Waals surface area contributed by atoms with E-state index in [-0.39, 0.29) is 46.5 Å². The summed E-state index contributed by atoms with van der Waals surface area (Å²) in [5.41, 5.74) is 0.982. The minimum Gasteiger partial charge on any atom is -0.404 e. The van der Waals surface area contributed by atoms with E-state index in [1.807, 2.05) is 23.1 Å². The summed E-state index contributed by atoms with van der Waals surface area (Å²) in [7, 11) is -0.513. The van der Waals surface area contributed by atoms with Gasteiger partial charge in [0, 0.05) is 19.1 Å². The van der Waals surface area contributed by atoms with E-state index in [0.717, 1.165) is 32.1 Å². The molecule has 8 nitrogen and oxygen atoms in total. The van der Waals surface area contributed by atoms with Crippen LogP contribution in [0.4, 0.5) is 4.79 Å². The first-order valence-corrected chi connectivity index (χ1v) is 16.4. The molecule has 7 atom stereocenters. The molecule has 3 aliphatic carbocycles. The van der Waals surface area contributed by atoms with Crippen molar-refractivity contribution >= 4 is 19.1 Å². The van der Waals surface area contributed by atoms with Crippen LogP contribution in [0.3, 0.4) is 0 Å². The number of nitrogens with one attached hydrogen (secondary N) is 2. The van der Waals surface area contributed by atoms with Crippen molar-refractivity contribution in [2.24, 2.45) is 28.6 Å². The minimum atomic E-state index is -0.672. The lowest BCUT2D eigenvalue weighted by atomic mass is 9.43. The summed E-state index contributed by atoms with van der Waals surface area (Å²) >= 11 is 0. The quantitative estimate of drug-likeness (QED) is 0.369. The largest absolute Gasteiger partial charge is 0.481 e. The van der Waals surface area contributed by atoms with E-state index < -0.39 is 13.0 Å². The van der Waals surface area contributed by atoms with Gasteiger partial charge in [-0.25, -0.2) is 4.79 Å². The van der Waals surface area contributed by atoms with Gasteiger partial charge in [0.15, 0.2) is 0 Å². The smallest absolute Gasteiger partial charge is 0.404 e. The Bertz CT molecular complexity index is 1200. The summed E-state index contributed by atoms with van der Waals surface area (Å²) in [6.07, 6.45) is 6.94. The van der Waals surface area contributed by atoms with Crippen LogP contribution in [-0.2, 0) is 20.5 Å². The Balaban J connectivity index is 1.23. The number of carbonyl (C=O) groups is 2. The van der Waals surface area contributed by atoms with Crippen molar-refractivity contribution in [3.05, 3.63) is 35.9 Å². The molecule has 5 aliphatic rings. The summed E-state index contributed by atoms with van der Waals surface area (Å²) in [4.78, 5) is 28.6. The van der Waals surface area contributed by atoms with Crippen molar-refractivity contribution in [1.82, 2.24) is 15.5 Å². The van der Waals surface area contributed by atoms with Gasteiger partial charge in [0.1, 0.15) is 5.92 Å². The van der Waals surface area contributed by atoms with E-state index in [9.17, 15) is 14.9 Å². The number of aryl methyl sites for hydroxylation is 1. The van der Waals surface area contributed by atoms with Crippen molar-refractivity contribution in [2.45, 2.75) is 117 Å². The molecule has 2 saturated heterocycles. The molecule has 43 heavy (non-hydrogen) atoms. The monoisotopic (exact) mass is 590 g/mol. The molecule has 1 unspecified atom stereocenters. The number of piperidine rings is 1. The molecule has 2 bridgehead atoms. The molecule has 2 aliphatic heterocycles. The summed E-state index contributed by atoms with van der Waals surface area (Å²) < 4.78 is 13.4. The SMILES string of the molecule is CC(C)(C)CC(C#N)C(=O)N1CCCC[C@H]1CNC(=O)N[C@@H](CCc1ccccc1)B1O[C@@H]2C[C@@H]3C[C@@H](C3(C)C)[C@]2(C)O1. The van der Waals surface area contributed by atoms with Gasteiger partial charge >= 0.3 is 13.1 Å². The summed E-state index contributed by atoms with van der Waals surface area (Å²) in [5.74, 6) is -0.00371. The van der Waals surface area contributed by atoms with E-state index in [0.29, 0.717) is 37.8 Å². The number of nitrogens with zero attached hydrogens (tertiary/aromatic N) is 2. The van der Waals surface area contributed by atoms with Crippen LogP contribution in [0.15, 0.2) is 30.3 Å². The Morgan fingerprint density at radius 2 is 1.91 bits per heavy atom. The Labute approximate surface area is 258 Å². The van der Waals surface area contributed by atoms with Crippen molar-refractivity contribution in [3.63, 3.8) is 0 Å². The van der Waals surface area contributed by atoms with Gasteiger partial charge in [0.05, 0.1) is 23.7 Å². The lowest BCUT2D eigenvalue weighted by molar-refractivity contribution is -0.199. The lowest BCUT2D eigenvalue weighted by Gasteiger charge is -2.64. The third kappa shape index (κ3) is 6.76. The number of hydrogen-bond donors (Lipinski definition) is 2. The van der Waals surface area contributed by atoms with Gasteiger partial charge in [-0.1, -0.05) is 65.0 Å². The third-order valence-electron chi connectivity index (χ3n) is 10.9. The molecule has 0 radical (unpaired) electrons. The Kier molecular flexibility index (Phi) is 9.21. The molecule has 0 aromatic heterocycles. The average Bonchev–Trinajstić information content (AvgIpc) is 3.34. The third-order valence-corrected chi connectivity index (χ3v) is 10.9. The first-order valence-electron chi connectivity index (χ1n) is 16.4. The number of nitriles is 1. The number of rotatable bonds is 9. The Morgan fingerprint density at radius 3 is 2.58 bits per heavy atom. The molecule has 2 N–H and O–H groups in total. The highest BCUT2D eigenvalue weighted by atomic mass is 16.7. The molecule has 2 heterocycles. The van der Waals surface area contributed by atoms with E-state index in [1.54, 1.807) is 0 Å². The molecule has 1 aromatic carbocycles. The van der Waals surface area contributed by atoms with E-state index in [4.69, 9.17) is 9.31 Å². The van der Waals surface area contributed by atoms with Crippen molar-refractivity contribution in [1.29, 1.82) is 5.26 Å². The van der Waals surface area contributed by atoms with Gasteiger partial charge in [0.2, 0.25) is 5.91 Å². The van der Waals surface area contributed by atoms with Crippen LogP contribution < -0.4 is 10.6 Å². The predicted molar refractivity (Wildman–Crippen MR) is 168 cm³/mol. The second-order valence-electron chi connectivity index (χ2n) is 15.4. The van der Waals surface area contributed by atoms with Gasteiger partial charge in [-0.2, -0.15) is 5.26 Å². The number of carbonyl (C=O) groups excluding carboxylic acids is 2. The zero-order valence-corrected chi connectivity index (χ0v) is 27.0. The Morgan fingerprint density at radius 1 is 1.16 bits per heavy atom. The van der Waals surface area contributed by atoms with Gasteiger partial charge in [0.25, 0.3) is 0 Å². The van der Waals surface area contributed by atoms with Gasteiger partial charge in [-0.05, 0) is 86.5 Å². The second kappa shape index (κ2) is 12.4. The molecule has 3 saturated carbocycles. The fourth-order valence-electron chi connectivity index (χ4n) is 8.25. The molecule has 9 heteroatoms. The summed E-state index contributed by atoms with van der Waals surface area (Å²) in [5, 5.41) is 16.0. The van der Waals surface area contributed by atoms with Crippen LogP contribution in [0.2, 0.25) is 0 Å². The van der Waals surface area contributed by atoms with E-state index in [1.165, 1.54) is 12.0 Å². The van der Waals surface area contributed by atoms with Crippen LogP contribution in [0.1, 0.15) is 92.1 Å². The van der Waals surface area contributed by atoms with Crippen molar-refractivity contribution in [3.8, 4) is 6.07 Å². The number of likely N-dealkylation sites (tertiary alicyclic amines) is 1. The van der Waals surface area contributed by atoms with E-state index in [2.05, 4.69) is 70.4 Å². The first-order chi connectivity index (χ1) is 20.3. The number of amides is 3. The second-order valence-corrected chi connectivity index (χ2v) is 15.4. The standard InChI is InChI=1S/C34H51BN4O4/c1-32(2,3)20-24(21-36)30(40)39-17-11-10-14-26(39)22-37-31(41)38-29(16-15-23-12-8-7-9-13-23)35-42-28-19-25-18-27(33(25,4)5)34(28,6)43-35/h7-9,12-13,24-29H,10-11,14-20,22H2,1-6H3,(H2,37,38,41)/t24?,25-,26-,27-,28+,29-,34-/m0/s1. The molecule has 1 aromatic rings. The highest BCUT2D eigenvalue weighted by Crippen LogP contribution is 2.65. The molecule has 0 spiro atoms.